The van der Waals surface area contributed by atoms with Gasteiger partial charge in [-0.3, -0.25) is 4.90 Å². The Balaban J connectivity index is 2.34. The molecule has 8 heteroatoms. The van der Waals surface area contributed by atoms with Crippen LogP contribution in [0.4, 0.5) is 4.79 Å². The average Bonchev–Trinajstić information content (AvgIpc) is 2.82. The number of carbonyl (C=O) groups excluding carboxylic acids is 1. The summed E-state index contributed by atoms with van der Waals surface area (Å²) in [6.07, 6.45) is -0.0467. The second kappa shape index (κ2) is 8.36. The van der Waals surface area contributed by atoms with Gasteiger partial charge in [-0.05, 0) is 72.3 Å². The van der Waals surface area contributed by atoms with Crippen molar-refractivity contribution < 1.29 is 13.9 Å². The molecule has 0 aromatic carbocycles. The van der Waals surface area contributed by atoms with Gasteiger partial charge in [-0.25, -0.2) is 9.78 Å². The van der Waals surface area contributed by atoms with Crippen LogP contribution in [0.3, 0.4) is 0 Å². The van der Waals surface area contributed by atoms with Gasteiger partial charge in [0, 0.05) is 13.5 Å². The molecule has 2 rings (SSSR count). The summed E-state index contributed by atoms with van der Waals surface area (Å²) >= 11 is 11.7. The van der Waals surface area contributed by atoms with Gasteiger partial charge in [-0.1, -0.05) is 17.5 Å². The lowest BCUT2D eigenvalue weighted by Gasteiger charge is -2.27. The number of halogens is 3. The molecular weight excluding hydrogens is 534 g/mol. The van der Waals surface area contributed by atoms with Crippen molar-refractivity contribution in [3.05, 3.63) is 25.0 Å². The molecule has 0 aliphatic rings. The fourth-order valence-corrected chi connectivity index (χ4v) is 3.79. The predicted molar refractivity (Wildman–Crippen MR) is 114 cm³/mol. The van der Waals surface area contributed by atoms with Crippen molar-refractivity contribution in [3.63, 3.8) is 0 Å². The van der Waals surface area contributed by atoms with Gasteiger partial charge in [0.15, 0.2) is 5.58 Å². The summed E-state index contributed by atoms with van der Waals surface area (Å²) in [6.45, 7) is 7.21. The van der Waals surface area contributed by atoms with E-state index in [4.69, 9.17) is 20.8 Å². The molecule has 26 heavy (non-hydrogen) atoms. The number of furan rings is 1. The summed E-state index contributed by atoms with van der Waals surface area (Å²) in [5, 5.41) is 0.394. The highest BCUT2D eigenvalue weighted by atomic mass is 127. The molecule has 1 atom stereocenters. The van der Waals surface area contributed by atoms with Crippen molar-refractivity contribution in [2.75, 3.05) is 7.05 Å². The number of ether oxygens (including phenoxy) is 1. The van der Waals surface area contributed by atoms with Crippen molar-refractivity contribution >= 4 is 67.3 Å². The number of rotatable bonds is 3. The van der Waals surface area contributed by atoms with Gasteiger partial charge >= 0.3 is 6.09 Å². The van der Waals surface area contributed by atoms with Crippen LogP contribution < -0.4 is 0 Å². The summed E-state index contributed by atoms with van der Waals surface area (Å²) in [5.41, 5.74) is 0.728. The van der Waals surface area contributed by atoms with Crippen LogP contribution in [-0.4, -0.2) is 34.7 Å². The van der Waals surface area contributed by atoms with Crippen LogP contribution in [0.15, 0.2) is 15.0 Å². The Morgan fingerprint density at radius 3 is 2.77 bits per heavy atom. The van der Waals surface area contributed by atoms with E-state index in [0.29, 0.717) is 32.9 Å². The molecule has 2 aromatic rings. The summed E-state index contributed by atoms with van der Waals surface area (Å²) in [7, 11) is 1.67. The van der Waals surface area contributed by atoms with Gasteiger partial charge in [0.05, 0.1) is 8.04 Å². The number of aromatic nitrogens is 1. The van der Waals surface area contributed by atoms with Gasteiger partial charge in [0.1, 0.15) is 28.1 Å². The molecule has 5 nitrogen and oxygen atoms in total. The van der Waals surface area contributed by atoms with E-state index in [9.17, 15) is 4.79 Å². The fraction of sp³-hybridized carbons (Fsp3) is 0.444. The SMILES string of the molecule is CC#CC(Cc1oc2c(I)cc(Cl)nc2c1Br)N(C)C(=O)OC(C)(C)C. The number of fused-ring (bicyclic) bond motifs is 1. The summed E-state index contributed by atoms with van der Waals surface area (Å²) in [6, 6.07) is 1.33. The van der Waals surface area contributed by atoms with Gasteiger partial charge in [-0.2, -0.15) is 0 Å². The van der Waals surface area contributed by atoms with Crippen LogP contribution in [0.1, 0.15) is 33.5 Å². The lowest BCUT2D eigenvalue weighted by atomic mass is 10.1. The smallest absolute Gasteiger partial charge is 0.411 e. The van der Waals surface area contributed by atoms with Gasteiger partial charge < -0.3 is 9.15 Å². The monoisotopic (exact) mass is 552 g/mol. The van der Waals surface area contributed by atoms with Crippen molar-refractivity contribution in [2.45, 2.75) is 45.8 Å². The lowest BCUT2D eigenvalue weighted by Crippen LogP contribution is -2.41. The molecule has 0 fully saturated rings. The van der Waals surface area contributed by atoms with Crippen molar-refractivity contribution in [1.82, 2.24) is 9.88 Å². The first-order chi connectivity index (χ1) is 12.0. The first kappa shape index (κ1) is 21.3. The summed E-state index contributed by atoms with van der Waals surface area (Å²) < 4.78 is 13.0. The number of amides is 1. The number of hydrogen-bond donors (Lipinski definition) is 0. The molecule has 2 aromatic heterocycles. The first-order valence-electron chi connectivity index (χ1n) is 7.84. The fourth-order valence-electron chi connectivity index (χ4n) is 2.24. The standard InChI is InChI=1S/C18H19BrClIN2O3/c1-6-7-10(23(5)17(24)26-18(2,3)4)8-12-14(19)15-16(25-12)11(21)9-13(20)22-15/h9-10H,8H2,1-5H3. The normalized spacial score (nSPS) is 12.5. The molecule has 1 unspecified atom stereocenters. The molecule has 2 heterocycles. The Morgan fingerprint density at radius 1 is 1.54 bits per heavy atom. The summed E-state index contributed by atoms with van der Waals surface area (Å²) in [5.74, 6) is 6.56. The van der Waals surface area contributed by atoms with Crippen molar-refractivity contribution in [3.8, 4) is 11.8 Å². The van der Waals surface area contributed by atoms with E-state index in [1.54, 1.807) is 20.0 Å². The molecule has 0 spiro atoms. The maximum Gasteiger partial charge on any atom is 0.411 e. The van der Waals surface area contributed by atoms with Crippen LogP contribution >= 0.6 is 50.1 Å². The minimum atomic E-state index is -0.577. The van der Waals surface area contributed by atoms with Crippen LogP contribution in [0.25, 0.3) is 11.1 Å². The molecular formula is C18H19BrClIN2O3. The molecule has 0 radical (unpaired) electrons. The van der Waals surface area contributed by atoms with E-state index in [1.165, 1.54) is 4.90 Å². The van der Waals surface area contributed by atoms with Crippen LogP contribution in [0.2, 0.25) is 5.15 Å². The molecule has 0 N–H and O–H groups in total. The Kier molecular flexibility index (Phi) is 6.86. The van der Waals surface area contributed by atoms with Crippen LogP contribution in [-0.2, 0) is 11.2 Å². The third kappa shape index (κ3) is 5.05. The number of nitrogens with zero attached hydrogens (tertiary/aromatic N) is 2. The Labute approximate surface area is 180 Å². The highest BCUT2D eigenvalue weighted by Crippen LogP contribution is 2.34. The van der Waals surface area contributed by atoms with Gasteiger partial charge in [0.25, 0.3) is 0 Å². The van der Waals surface area contributed by atoms with Gasteiger partial charge in [-0.15, -0.1) is 5.92 Å². The van der Waals surface area contributed by atoms with Crippen molar-refractivity contribution in [1.29, 1.82) is 0 Å². The quantitative estimate of drug-likeness (QED) is 0.280. The molecule has 0 saturated heterocycles. The highest BCUT2D eigenvalue weighted by Gasteiger charge is 2.27. The maximum atomic E-state index is 12.4. The van der Waals surface area contributed by atoms with Crippen LogP contribution in [0.5, 0.6) is 0 Å². The zero-order chi connectivity index (χ0) is 19.6. The average molecular weight is 554 g/mol. The second-order valence-electron chi connectivity index (χ2n) is 6.65. The third-order valence-corrected chi connectivity index (χ3v) is 5.23. The molecule has 0 saturated carbocycles. The zero-order valence-electron chi connectivity index (χ0n) is 15.1. The number of hydrogen-bond acceptors (Lipinski definition) is 4. The minimum Gasteiger partial charge on any atom is -0.457 e. The van der Waals surface area contributed by atoms with E-state index in [0.717, 1.165) is 3.57 Å². The predicted octanol–water partition coefficient (Wildman–Crippen LogP) is 5.65. The molecule has 0 aliphatic heterocycles. The van der Waals surface area contributed by atoms with E-state index < -0.39 is 17.7 Å². The molecule has 1 amide bonds. The summed E-state index contributed by atoms with van der Waals surface area (Å²) in [4.78, 5) is 18.2. The molecule has 0 aliphatic carbocycles. The molecule has 0 bridgehead atoms. The van der Waals surface area contributed by atoms with Crippen molar-refractivity contribution in [2.24, 2.45) is 0 Å². The first-order valence-corrected chi connectivity index (χ1v) is 10.1. The topological polar surface area (TPSA) is 55.6 Å². The van der Waals surface area contributed by atoms with E-state index in [2.05, 4.69) is 55.3 Å². The number of pyridine rings is 1. The van der Waals surface area contributed by atoms with E-state index >= 15 is 0 Å². The molecule has 140 valence electrons. The second-order valence-corrected chi connectivity index (χ2v) is 8.99. The zero-order valence-corrected chi connectivity index (χ0v) is 19.6. The third-order valence-electron chi connectivity index (χ3n) is 3.41. The Bertz CT molecular complexity index is 896. The highest BCUT2D eigenvalue weighted by molar-refractivity contribution is 14.1. The van der Waals surface area contributed by atoms with E-state index in [1.807, 2.05) is 20.8 Å². The van der Waals surface area contributed by atoms with E-state index in [-0.39, 0.29) is 0 Å². The van der Waals surface area contributed by atoms with Gasteiger partial charge in [0.2, 0.25) is 0 Å². The lowest BCUT2D eigenvalue weighted by molar-refractivity contribution is 0.0259. The Hall–Kier alpha value is -0.980. The van der Waals surface area contributed by atoms with Crippen LogP contribution in [0, 0.1) is 15.4 Å². The number of carbonyl (C=O) groups is 1. The largest absolute Gasteiger partial charge is 0.457 e. The number of likely N-dealkylation sites (N-methyl/N-ethyl adjacent to an activating group) is 1. The minimum absolute atomic E-state index is 0.390. The maximum absolute atomic E-state index is 12.4. The Morgan fingerprint density at radius 2 is 2.19 bits per heavy atom.